The smallest absolute Gasteiger partial charge is 0.147 e. The van der Waals surface area contributed by atoms with Crippen LogP contribution in [0.3, 0.4) is 0 Å². The Morgan fingerprint density at radius 3 is 2.54 bits per heavy atom. The second-order valence-corrected chi connectivity index (χ2v) is 6.56. The molecule has 0 radical (unpaired) electrons. The van der Waals surface area contributed by atoms with E-state index in [4.69, 9.17) is 0 Å². The molecule has 0 aliphatic rings. The molecule has 0 amide bonds. The third kappa shape index (κ3) is 3.38. The van der Waals surface area contributed by atoms with Gasteiger partial charge in [-0.15, -0.1) is 10.2 Å². The Morgan fingerprint density at radius 2 is 1.82 bits per heavy atom. The van der Waals surface area contributed by atoms with Gasteiger partial charge >= 0.3 is 0 Å². The van der Waals surface area contributed by atoms with Crippen LogP contribution in [0.25, 0.3) is 22.2 Å². The van der Waals surface area contributed by atoms with E-state index in [1.807, 2.05) is 36.4 Å². The van der Waals surface area contributed by atoms with Crippen LogP contribution in [0.1, 0.15) is 29.9 Å². The number of nitrogens with one attached hydrogen (secondary N) is 1. The molecule has 0 saturated heterocycles. The fourth-order valence-corrected chi connectivity index (χ4v) is 3.10. The maximum atomic E-state index is 9.62. The van der Waals surface area contributed by atoms with E-state index >= 15 is 0 Å². The van der Waals surface area contributed by atoms with Crippen LogP contribution in [-0.4, -0.2) is 20.2 Å². The van der Waals surface area contributed by atoms with E-state index in [0.717, 1.165) is 27.7 Å². The van der Waals surface area contributed by atoms with Crippen molar-refractivity contribution in [3.05, 3.63) is 77.9 Å². The first-order chi connectivity index (χ1) is 13.7. The molecular formula is C22H18N6. The molecule has 1 N–H and O–H groups in total. The molecule has 1 atom stereocenters. The van der Waals surface area contributed by atoms with Crippen LogP contribution in [-0.2, 0) is 0 Å². The number of benzene rings is 2. The van der Waals surface area contributed by atoms with E-state index in [1.54, 1.807) is 19.3 Å². The molecule has 2 heterocycles. The topological polar surface area (TPSA) is 87.4 Å². The number of hydrogen-bond donors (Lipinski definition) is 1. The summed E-state index contributed by atoms with van der Waals surface area (Å²) in [6, 6.07) is 18.2. The molecule has 2 aromatic carbocycles. The van der Waals surface area contributed by atoms with Crippen molar-refractivity contribution in [3.63, 3.8) is 0 Å². The highest BCUT2D eigenvalue weighted by Gasteiger charge is 2.14. The molecule has 28 heavy (non-hydrogen) atoms. The Balaban J connectivity index is 1.82. The number of nitriles is 1. The lowest BCUT2D eigenvalue weighted by Crippen LogP contribution is -2.08. The first kappa shape index (κ1) is 17.6. The number of aromatic nitrogens is 4. The molecule has 0 bridgehead atoms. The predicted molar refractivity (Wildman–Crippen MR) is 108 cm³/mol. The zero-order chi connectivity index (χ0) is 19.5. The Labute approximate surface area is 162 Å². The lowest BCUT2D eigenvalue weighted by molar-refractivity contribution is 0.885. The molecule has 6 nitrogen and oxygen atoms in total. The summed E-state index contributed by atoms with van der Waals surface area (Å²) in [4.78, 5) is 8.65. The lowest BCUT2D eigenvalue weighted by Gasteiger charge is -2.18. The number of nitrogens with zero attached hydrogens (tertiary/aromatic N) is 5. The van der Waals surface area contributed by atoms with E-state index in [9.17, 15) is 5.26 Å². The van der Waals surface area contributed by atoms with Gasteiger partial charge in [0.2, 0.25) is 0 Å². The van der Waals surface area contributed by atoms with Crippen LogP contribution in [0, 0.1) is 18.3 Å². The van der Waals surface area contributed by atoms with Crippen LogP contribution in [0.4, 0.5) is 5.69 Å². The van der Waals surface area contributed by atoms with Gasteiger partial charge in [-0.2, -0.15) is 5.26 Å². The number of rotatable bonds is 4. The number of hydrogen-bond acceptors (Lipinski definition) is 6. The predicted octanol–water partition coefficient (Wildman–Crippen LogP) is 4.44. The highest BCUT2D eigenvalue weighted by molar-refractivity contribution is 5.96. The lowest BCUT2D eigenvalue weighted by atomic mass is 10.0. The van der Waals surface area contributed by atoms with E-state index in [1.165, 1.54) is 0 Å². The minimum Gasteiger partial charge on any atom is -0.377 e. The van der Waals surface area contributed by atoms with Gasteiger partial charge in [-0.05, 0) is 31.5 Å². The fourth-order valence-electron chi connectivity index (χ4n) is 3.10. The van der Waals surface area contributed by atoms with Gasteiger partial charge in [0.1, 0.15) is 17.6 Å². The molecular weight excluding hydrogens is 348 g/mol. The van der Waals surface area contributed by atoms with Crippen molar-refractivity contribution in [2.24, 2.45) is 0 Å². The largest absolute Gasteiger partial charge is 0.377 e. The van der Waals surface area contributed by atoms with Crippen molar-refractivity contribution in [1.82, 2.24) is 20.2 Å². The molecule has 6 heteroatoms. The molecule has 0 aliphatic carbocycles. The van der Waals surface area contributed by atoms with Crippen molar-refractivity contribution >= 4 is 16.6 Å². The monoisotopic (exact) mass is 366 g/mol. The van der Waals surface area contributed by atoms with Crippen molar-refractivity contribution in [2.75, 3.05) is 5.32 Å². The molecule has 0 aliphatic heterocycles. The average molecular weight is 366 g/mol. The van der Waals surface area contributed by atoms with E-state index in [0.29, 0.717) is 17.1 Å². The molecule has 4 aromatic rings. The van der Waals surface area contributed by atoms with Gasteiger partial charge < -0.3 is 5.32 Å². The normalized spacial score (nSPS) is 11.8. The molecule has 0 fully saturated rings. The maximum Gasteiger partial charge on any atom is 0.147 e. The summed E-state index contributed by atoms with van der Waals surface area (Å²) in [6.07, 6.45) is 3.31. The van der Waals surface area contributed by atoms with Gasteiger partial charge in [-0.3, -0.25) is 4.98 Å². The van der Waals surface area contributed by atoms with Crippen molar-refractivity contribution < 1.29 is 0 Å². The quantitative estimate of drug-likeness (QED) is 0.574. The van der Waals surface area contributed by atoms with Gasteiger partial charge in [-0.1, -0.05) is 36.4 Å². The first-order valence-electron chi connectivity index (χ1n) is 8.97. The Morgan fingerprint density at radius 1 is 1.00 bits per heavy atom. The van der Waals surface area contributed by atoms with Gasteiger partial charge in [0, 0.05) is 23.2 Å². The number of fused-ring (bicyclic) bond motifs is 1. The standard InChI is InChI=1S/C22H18N6/c1-14(16-6-4-3-5-7-16)26-22-18(11-23)12-25-20-9-8-17(10-19(20)22)21-13-24-15(2)27-28-21/h3-10,12-14H,1-2H3,(H,25,26). The summed E-state index contributed by atoms with van der Waals surface area (Å²) in [7, 11) is 0. The van der Waals surface area contributed by atoms with E-state index in [-0.39, 0.29) is 6.04 Å². The summed E-state index contributed by atoms with van der Waals surface area (Å²) in [6.45, 7) is 3.87. The summed E-state index contributed by atoms with van der Waals surface area (Å²) in [5.74, 6) is 0.622. The maximum absolute atomic E-state index is 9.62. The third-order valence-electron chi connectivity index (χ3n) is 4.62. The zero-order valence-corrected chi connectivity index (χ0v) is 15.6. The van der Waals surface area contributed by atoms with Crippen LogP contribution in [0.2, 0.25) is 0 Å². The average Bonchev–Trinajstić information content (AvgIpc) is 2.75. The summed E-state index contributed by atoms with van der Waals surface area (Å²) < 4.78 is 0. The Hall–Kier alpha value is -3.85. The van der Waals surface area contributed by atoms with Crippen molar-refractivity contribution in [1.29, 1.82) is 5.26 Å². The van der Waals surface area contributed by atoms with E-state index < -0.39 is 0 Å². The fraction of sp³-hybridized carbons (Fsp3) is 0.136. The van der Waals surface area contributed by atoms with Gasteiger partial charge in [0.05, 0.1) is 23.0 Å². The summed E-state index contributed by atoms with van der Waals surface area (Å²) >= 11 is 0. The van der Waals surface area contributed by atoms with Crippen LogP contribution in [0.15, 0.2) is 60.9 Å². The highest BCUT2D eigenvalue weighted by Crippen LogP contribution is 2.32. The highest BCUT2D eigenvalue weighted by atomic mass is 15.1. The van der Waals surface area contributed by atoms with Gasteiger partial charge in [0.15, 0.2) is 0 Å². The molecule has 2 aromatic heterocycles. The molecule has 4 rings (SSSR count). The SMILES string of the molecule is Cc1ncc(-c2ccc3ncc(C#N)c(NC(C)c4ccccc4)c3c2)nn1. The number of aryl methyl sites for hydroxylation is 1. The molecule has 0 spiro atoms. The van der Waals surface area contributed by atoms with Gasteiger partial charge in [-0.25, -0.2) is 4.98 Å². The molecule has 136 valence electrons. The van der Waals surface area contributed by atoms with Crippen molar-refractivity contribution in [3.8, 4) is 17.3 Å². The third-order valence-corrected chi connectivity index (χ3v) is 4.62. The number of anilines is 1. The molecule has 0 saturated carbocycles. The molecule has 1 unspecified atom stereocenters. The van der Waals surface area contributed by atoms with Crippen molar-refractivity contribution in [2.45, 2.75) is 19.9 Å². The van der Waals surface area contributed by atoms with Crippen LogP contribution >= 0.6 is 0 Å². The zero-order valence-electron chi connectivity index (χ0n) is 15.6. The van der Waals surface area contributed by atoms with Crippen LogP contribution < -0.4 is 5.32 Å². The minimum absolute atomic E-state index is 0.0309. The second-order valence-electron chi connectivity index (χ2n) is 6.56. The van der Waals surface area contributed by atoms with Crippen LogP contribution in [0.5, 0.6) is 0 Å². The second kappa shape index (κ2) is 7.41. The van der Waals surface area contributed by atoms with E-state index in [2.05, 4.69) is 50.6 Å². The first-order valence-corrected chi connectivity index (χ1v) is 8.97. The minimum atomic E-state index is 0.0309. The van der Waals surface area contributed by atoms with Gasteiger partial charge in [0.25, 0.3) is 0 Å². The Kier molecular flexibility index (Phi) is 4.65. The summed E-state index contributed by atoms with van der Waals surface area (Å²) in [5, 5.41) is 22.2. The number of pyridine rings is 1. The summed E-state index contributed by atoms with van der Waals surface area (Å²) in [5.41, 5.74) is 4.76. The Bertz CT molecular complexity index is 1160.